The molecule has 0 bridgehead atoms. The van der Waals surface area contributed by atoms with Crippen molar-refractivity contribution in [3.8, 4) is 0 Å². The largest absolute Gasteiger partial charge is 0.468 e. The molecule has 1 heterocycles. The highest BCUT2D eigenvalue weighted by Crippen LogP contribution is 2.35. The number of ketones is 1. The van der Waals surface area contributed by atoms with Gasteiger partial charge in [-0.1, -0.05) is 0 Å². The number of rotatable bonds is 2. The summed E-state index contributed by atoms with van der Waals surface area (Å²) in [6.07, 6.45) is 4.21. The van der Waals surface area contributed by atoms with Gasteiger partial charge in [0, 0.05) is 23.0 Å². The van der Waals surface area contributed by atoms with Gasteiger partial charge in [0.2, 0.25) is 0 Å². The lowest BCUT2D eigenvalue weighted by Gasteiger charge is -2.05. The van der Waals surface area contributed by atoms with E-state index in [1.807, 2.05) is 13.0 Å². The van der Waals surface area contributed by atoms with Gasteiger partial charge in [-0.2, -0.15) is 0 Å². The maximum absolute atomic E-state index is 11.0. The van der Waals surface area contributed by atoms with Crippen LogP contribution in [0.1, 0.15) is 25.0 Å². The van der Waals surface area contributed by atoms with E-state index in [0.717, 1.165) is 25.0 Å². The highest BCUT2D eigenvalue weighted by atomic mass is 32.2. The Morgan fingerprint density at radius 1 is 1.62 bits per heavy atom. The molecular formula is C10H12O2S. The van der Waals surface area contributed by atoms with Crippen molar-refractivity contribution in [2.45, 2.75) is 36.3 Å². The van der Waals surface area contributed by atoms with E-state index in [0.29, 0.717) is 11.0 Å². The summed E-state index contributed by atoms with van der Waals surface area (Å²) < 4.78 is 5.20. The summed E-state index contributed by atoms with van der Waals surface area (Å²) in [6.45, 7) is 1.96. The summed E-state index contributed by atoms with van der Waals surface area (Å²) in [6, 6.07) is 1.97. The second-order valence-corrected chi connectivity index (χ2v) is 4.70. The van der Waals surface area contributed by atoms with Gasteiger partial charge in [0.1, 0.15) is 11.5 Å². The van der Waals surface area contributed by atoms with Crippen LogP contribution in [0.25, 0.3) is 0 Å². The molecule has 0 aromatic carbocycles. The Bertz CT molecular complexity index is 316. The van der Waals surface area contributed by atoms with E-state index in [2.05, 4.69) is 0 Å². The quantitative estimate of drug-likeness (QED) is 0.728. The van der Waals surface area contributed by atoms with E-state index in [4.69, 9.17) is 4.42 Å². The molecule has 1 atom stereocenters. The Balaban J connectivity index is 1.99. The van der Waals surface area contributed by atoms with Crippen molar-refractivity contribution in [3.63, 3.8) is 0 Å². The number of hydrogen-bond acceptors (Lipinski definition) is 3. The highest BCUT2D eigenvalue weighted by Gasteiger charge is 2.23. The van der Waals surface area contributed by atoms with Gasteiger partial charge in [0.15, 0.2) is 0 Å². The zero-order valence-corrected chi connectivity index (χ0v) is 8.39. The van der Waals surface area contributed by atoms with Crippen LogP contribution in [-0.4, -0.2) is 11.0 Å². The van der Waals surface area contributed by atoms with Crippen LogP contribution in [0.15, 0.2) is 21.6 Å². The van der Waals surface area contributed by atoms with Crippen molar-refractivity contribution >= 4 is 17.5 Å². The van der Waals surface area contributed by atoms with E-state index < -0.39 is 0 Å². The number of hydrogen-bond donors (Lipinski definition) is 0. The minimum atomic E-state index is 0.402. The molecule has 1 aromatic heterocycles. The van der Waals surface area contributed by atoms with Gasteiger partial charge in [0.05, 0.1) is 6.26 Å². The van der Waals surface area contributed by atoms with Crippen LogP contribution in [0.2, 0.25) is 0 Å². The van der Waals surface area contributed by atoms with Gasteiger partial charge in [-0.3, -0.25) is 4.79 Å². The molecule has 70 valence electrons. The second-order valence-electron chi connectivity index (χ2n) is 3.36. The van der Waals surface area contributed by atoms with Crippen molar-refractivity contribution in [1.29, 1.82) is 0 Å². The third kappa shape index (κ3) is 1.97. The molecule has 2 rings (SSSR count). The van der Waals surface area contributed by atoms with E-state index in [9.17, 15) is 4.79 Å². The Morgan fingerprint density at radius 2 is 2.46 bits per heavy atom. The van der Waals surface area contributed by atoms with Crippen molar-refractivity contribution in [3.05, 3.63) is 18.1 Å². The first-order valence-corrected chi connectivity index (χ1v) is 5.36. The highest BCUT2D eigenvalue weighted by molar-refractivity contribution is 8.00. The SMILES string of the molecule is Cc1occc1SC1CCC(=O)C1. The third-order valence-corrected chi connectivity index (χ3v) is 3.72. The molecule has 1 aromatic rings. The van der Waals surface area contributed by atoms with Crippen molar-refractivity contribution in [2.24, 2.45) is 0 Å². The topological polar surface area (TPSA) is 30.2 Å². The minimum Gasteiger partial charge on any atom is -0.468 e. The molecule has 0 amide bonds. The summed E-state index contributed by atoms with van der Waals surface area (Å²) in [4.78, 5) is 12.2. The van der Waals surface area contributed by atoms with Gasteiger partial charge >= 0.3 is 0 Å². The molecule has 13 heavy (non-hydrogen) atoms. The van der Waals surface area contributed by atoms with E-state index in [1.165, 1.54) is 4.90 Å². The molecule has 0 N–H and O–H groups in total. The first kappa shape index (κ1) is 8.88. The summed E-state index contributed by atoms with van der Waals surface area (Å²) in [5.41, 5.74) is 0. The Kier molecular flexibility index (Phi) is 2.44. The molecule has 0 aliphatic heterocycles. The van der Waals surface area contributed by atoms with Gasteiger partial charge in [-0.25, -0.2) is 0 Å². The molecular weight excluding hydrogens is 184 g/mol. The molecule has 2 nitrogen and oxygen atoms in total. The molecule has 1 aliphatic rings. The summed E-state index contributed by atoms with van der Waals surface area (Å²) in [7, 11) is 0. The average molecular weight is 196 g/mol. The molecule has 1 saturated carbocycles. The average Bonchev–Trinajstić information content (AvgIpc) is 2.64. The molecule has 0 spiro atoms. The Morgan fingerprint density at radius 3 is 3.00 bits per heavy atom. The fourth-order valence-corrected chi connectivity index (χ4v) is 2.77. The van der Waals surface area contributed by atoms with Crippen molar-refractivity contribution < 1.29 is 9.21 Å². The molecule has 1 unspecified atom stereocenters. The molecule has 1 fully saturated rings. The fourth-order valence-electron chi connectivity index (χ4n) is 1.56. The number of carbonyl (C=O) groups is 1. The third-order valence-electron chi connectivity index (χ3n) is 2.31. The van der Waals surface area contributed by atoms with Crippen LogP contribution in [0, 0.1) is 6.92 Å². The number of Topliss-reactive ketones (excluding diaryl/α,β-unsaturated/α-hetero) is 1. The van der Waals surface area contributed by atoms with Crippen LogP contribution < -0.4 is 0 Å². The van der Waals surface area contributed by atoms with Gasteiger partial charge in [-0.05, 0) is 19.4 Å². The van der Waals surface area contributed by atoms with Gasteiger partial charge in [-0.15, -0.1) is 11.8 Å². The van der Waals surface area contributed by atoms with Crippen molar-refractivity contribution in [2.75, 3.05) is 0 Å². The number of thioether (sulfide) groups is 1. The number of carbonyl (C=O) groups excluding carboxylic acids is 1. The Labute approximate surface area is 81.7 Å². The van der Waals surface area contributed by atoms with E-state index in [-0.39, 0.29) is 0 Å². The lowest BCUT2D eigenvalue weighted by molar-refractivity contribution is -0.117. The lowest BCUT2D eigenvalue weighted by Crippen LogP contribution is -1.95. The summed E-state index contributed by atoms with van der Waals surface area (Å²) in [5.74, 6) is 1.36. The standard InChI is InChI=1S/C10H12O2S/c1-7-10(4-5-12-7)13-9-3-2-8(11)6-9/h4-5,9H,2-3,6H2,1H3. The lowest BCUT2D eigenvalue weighted by atomic mass is 10.4. The number of furan rings is 1. The van der Waals surface area contributed by atoms with Crippen LogP contribution in [-0.2, 0) is 4.79 Å². The maximum atomic E-state index is 11.0. The summed E-state index contributed by atoms with van der Waals surface area (Å²) in [5, 5.41) is 0.476. The Hall–Kier alpha value is -0.700. The number of aryl methyl sites for hydroxylation is 1. The van der Waals surface area contributed by atoms with Gasteiger partial charge < -0.3 is 4.42 Å². The van der Waals surface area contributed by atoms with Crippen LogP contribution in [0.3, 0.4) is 0 Å². The molecule has 3 heteroatoms. The smallest absolute Gasteiger partial charge is 0.134 e. The second kappa shape index (κ2) is 3.58. The normalized spacial score (nSPS) is 22.5. The molecule has 1 aliphatic carbocycles. The zero-order valence-electron chi connectivity index (χ0n) is 7.58. The fraction of sp³-hybridized carbons (Fsp3) is 0.500. The first-order chi connectivity index (χ1) is 6.25. The summed E-state index contributed by atoms with van der Waals surface area (Å²) >= 11 is 1.77. The zero-order chi connectivity index (χ0) is 9.26. The van der Waals surface area contributed by atoms with Crippen molar-refractivity contribution in [1.82, 2.24) is 0 Å². The van der Waals surface area contributed by atoms with E-state index >= 15 is 0 Å². The molecule has 0 radical (unpaired) electrons. The van der Waals surface area contributed by atoms with Crippen LogP contribution in [0.5, 0.6) is 0 Å². The monoisotopic (exact) mass is 196 g/mol. The minimum absolute atomic E-state index is 0.402. The van der Waals surface area contributed by atoms with Crippen LogP contribution in [0.4, 0.5) is 0 Å². The van der Waals surface area contributed by atoms with E-state index in [1.54, 1.807) is 18.0 Å². The molecule has 0 saturated heterocycles. The maximum Gasteiger partial charge on any atom is 0.134 e. The van der Waals surface area contributed by atoms with Crippen LogP contribution >= 0.6 is 11.8 Å². The predicted molar refractivity (Wildman–Crippen MR) is 51.9 cm³/mol. The van der Waals surface area contributed by atoms with Gasteiger partial charge in [0.25, 0.3) is 0 Å². The first-order valence-electron chi connectivity index (χ1n) is 4.48. The predicted octanol–water partition coefficient (Wildman–Crippen LogP) is 2.80.